The van der Waals surface area contributed by atoms with Gasteiger partial charge in [-0.25, -0.2) is 4.79 Å². The summed E-state index contributed by atoms with van der Waals surface area (Å²) in [6, 6.07) is 0.865. The van der Waals surface area contributed by atoms with E-state index in [-0.39, 0.29) is 31.8 Å². The molecule has 0 bridgehead atoms. The lowest BCUT2D eigenvalue weighted by Gasteiger charge is -2.20. The number of aliphatic hydroxyl groups excluding tert-OH is 2. The molecule has 2 rings (SSSR count). The van der Waals surface area contributed by atoms with Crippen LogP contribution < -0.4 is 11.2 Å². The summed E-state index contributed by atoms with van der Waals surface area (Å²) in [6.07, 6.45) is 0.890. The van der Waals surface area contributed by atoms with E-state index in [9.17, 15) is 14.7 Å². The zero-order valence-corrected chi connectivity index (χ0v) is 9.07. The Kier molecular flexibility index (Phi) is 3.41. The van der Waals surface area contributed by atoms with E-state index < -0.39 is 17.4 Å². The third kappa shape index (κ3) is 2.17. The van der Waals surface area contributed by atoms with E-state index >= 15 is 0 Å². The second-order valence-electron chi connectivity index (χ2n) is 3.99. The summed E-state index contributed by atoms with van der Waals surface area (Å²) in [6.45, 7) is -0.177. The number of aliphatic hydroxyl groups is 2. The number of hydrogen-bond acceptors (Lipinski definition) is 5. The van der Waals surface area contributed by atoms with Crippen molar-refractivity contribution in [2.75, 3.05) is 19.8 Å². The van der Waals surface area contributed by atoms with Crippen molar-refractivity contribution in [3.8, 4) is 0 Å². The molecule has 0 amide bonds. The molecule has 17 heavy (non-hydrogen) atoms. The van der Waals surface area contributed by atoms with Crippen LogP contribution in [0.4, 0.5) is 0 Å². The fraction of sp³-hybridized carbons (Fsp3) is 0.600. The molecule has 1 aliphatic heterocycles. The number of nitrogens with zero attached hydrogens (tertiary/aromatic N) is 1. The molecule has 7 heteroatoms. The van der Waals surface area contributed by atoms with Gasteiger partial charge in [-0.1, -0.05) is 0 Å². The summed E-state index contributed by atoms with van der Waals surface area (Å²) >= 11 is 0. The molecule has 7 nitrogen and oxygen atoms in total. The Hall–Kier alpha value is -1.44. The Morgan fingerprint density at radius 1 is 1.41 bits per heavy atom. The minimum absolute atomic E-state index is 0.193. The van der Waals surface area contributed by atoms with Crippen LogP contribution in [-0.4, -0.2) is 45.7 Å². The number of aromatic amines is 1. The summed E-state index contributed by atoms with van der Waals surface area (Å²) in [5, 5.41) is 18.3. The molecule has 3 unspecified atom stereocenters. The standard InChI is InChI=1S/C10H14N2O5/c13-3-6-7(5-17-8(6)4-14)12-2-1-9(15)11-10(12)16/h1-2,6-8,13-14H,3-5H2,(H,11,15,16). The Balaban J connectivity index is 2.34. The molecule has 1 fully saturated rings. The van der Waals surface area contributed by atoms with Crippen molar-refractivity contribution in [1.29, 1.82) is 0 Å². The molecule has 0 radical (unpaired) electrons. The van der Waals surface area contributed by atoms with Gasteiger partial charge in [-0.05, 0) is 0 Å². The predicted octanol–water partition coefficient (Wildman–Crippen LogP) is -1.92. The summed E-state index contributed by atoms with van der Waals surface area (Å²) in [5.41, 5.74) is -1.01. The maximum atomic E-state index is 11.6. The minimum Gasteiger partial charge on any atom is -0.396 e. The van der Waals surface area contributed by atoms with Gasteiger partial charge in [0, 0.05) is 18.2 Å². The molecule has 2 heterocycles. The molecule has 3 atom stereocenters. The van der Waals surface area contributed by atoms with Crippen LogP contribution in [0.15, 0.2) is 21.9 Å². The Bertz CT molecular complexity index is 494. The van der Waals surface area contributed by atoms with Crippen molar-refractivity contribution in [3.63, 3.8) is 0 Å². The third-order valence-corrected chi connectivity index (χ3v) is 3.05. The maximum absolute atomic E-state index is 11.6. The van der Waals surface area contributed by atoms with Gasteiger partial charge in [0.25, 0.3) is 5.56 Å². The van der Waals surface area contributed by atoms with Crippen LogP contribution in [0.25, 0.3) is 0 Å². The number of hydrogen-bond donors (Lipinski definition) is 3. The fourth-order valence-corrected chi connectivity index (χ4v) is 2.12. The lowest BCUT2D eigenvalue weighted by atomic mass is 9.98. The van der Waals surface area contributed by atoms with Crippen molar-refractivity contribution >= 4 is 0 Å². The zero-order chi connectivity index (χ0) is 12.4. The molecule has 0 aromatic carbocycles. The lowest BCUT2D eigenvalue weighted by molar-refractivity contribution is 0.0268. The van der Waals surface area contributed by atoms with Gasteiger partial charge in [-0.3, -0.25) is 14.3 Å². The Labute approximate surface area is 96.3 Å². The summed E-state index contributed by atoms with van der Waals surface area (Å²) in [4.78, 5) is 24.7. The van der Waals surface area contributed by atoms with Crippen LogP contribution in [0.3, 0.4) is 0 Å². The molecule has 0 saturated carbocycles. The summed E-state index contributed by atoms with van der Waals surface area (Å²) in [7, 11) is 0. The number of rotatable bonds is 3. The van der Waals surface area contributed by atoms with E-state index in [1.54, 1.807) is 0 Å². The molecule has 0 spiro atoms. The molecule has 0 aliphatic carbocycles. The topological polar surface area (TPSA) is 105 Å². The van der Waals surface area contributed by atoms with Crippen molar-refractivity contribution in [2.45, 2.75) is 12.1 Å². The summed E-state index contributed by atoms with van der Waals surface area (Å²) < 4.78 is 6.61. The van der Waals surface area contributed by atoms with Gasteiger partial charge in [-0.2, -0.15) is 0 Å². The van der Waals surface area contributed by atoms with Crippen LogP contribution in [0.5, 0.6) is 0 Å². The lowest BCUT2D eigenvalue weighted by Crippen LogP contribution is -2.36. The molecule has 1 aromatic heterocycles. The van der Waals surface area contributed by atoms with Crippen molar-refractivity contribution in [3.05, 3.63) is 33.1 Å². The molecule has 94 valence electrons. The first-order valence-electron chi connectivity index (χ1n) is 5.32. The second kappa shape index (κ2) is 4.82. The van der Waals surface area contributed by atoms with Crippen LogP contribution >= 0.6 is 0 Å². The molecule has 1 aromatic rings. The quantitative estimate of drug-likeness (QED) is 0.573. The number of H-pyrrole nitrogens is 1. The summed E-state index contributed by atoms with van der Waals surface area (Å²) in [5.74, 6) is -0.358. The first-order valence-corrected chi connectivity index (χ1v) is 5.32. The SMILES string of the molecule is O=c1ccn(C2COC(CO)C2CO)c(=O)[nH]1. The average molecular weight is 242 g/mol. The molecular formula is C10H14N2O5. The zero-order valence-electron chi connectivity index (χ0n) is 9.07. The molecule has 3 N–H and O–H groups in total. The van der Waals surface area contributed by atoms with E-state index in [0.717, 1.165) is 0 Å². The Morgan fingerprint density at radius 2 is 2.18 bits per heavy atom. The van der Waals surface area contributed by atoms with Crippen LogP contribution in [-0.2, 0) is 4.74 Å². The number of aromatic nitrogens is 2. The van der Waals surface area contributed by atoms with Gasteiger partial charge in [0.1, 0.15) is 0 Å². The molecular weight excluding hydrogens is 228 g/mol. The first-order chi connectivity index (χ1) is 8.17. The normalized spacial score (nSPS) is 28.5. The van der Waals surface area contributed by atoms with E-state index in [4.69, 9.17) is 9.84 Å². The highest BCUT2D eigenvalue weighted by molar-refractivity contribution is 4.92. The Morgan fingerprint density at radius 3 is 2.76 bits per heavy atom. The molecule has 1 saturated heterocycles. The number of ether oxygens (including phenoxy) is 1. The molecule has 1 aliphatic rings. The van der Waals surface area contributed by atoms with E-state index in [0.29, 0.717) is 0 Å². The average Bonchev–Trinajstić information content (AvgIpc) is 2.71. The monoisotopic (exact) mass is 242 g/mol. The maximum Gasteiger partial charge on any atom is 0.328 e. The van der Waals surface area contributed by atoms with Gasteiger partial charge in [-0.15, -0.1) is 0 Å². The minimum atomic E-state index is -0.539. The fourth-order valence-electron chi connectivity index (χ4n) is 2.12. The van der Waals surface area contributed by atoms with Gasteiger partial charge in [0.2, 0.25) is 0 Å². The second-order valence-corrected chi connectivity index (χ2v) is 3.99. The van der Waals surface area contributed by atoms with Crippen molar-refractivity contribution in [2.24, 2.45) is 5.92 Å². The van der Waals surface area contributed by atoms with Gasteiger partial charge in [0.05, 0.1) is 32.0 Å². The smallest absolute Gasteiger partial charge is 0.328 e. The highest BCUT2D eigenvalue weighted by atomic mass is 16.5. The van der Waals surface area contributed by atoms with Gasteiger partial charge in [0.15, 0.2) is 0 Å². The van der Waals surface area contributed by atoms with Gasteiger partial charge < -0.3 is 14.9 Å². The van der Waals surface area contributed by atoms with E-state index in [2.05, 4.69) is 4.98 Å². The van der Waals surface area contributed by atoms with Crippen molar-refractivity contribution < 1.29 is 14.9 Å². The number of nitrogens with one attached hydrogen (secondary N) is 1. The highest BCUT2D eigenvalue weighted by Crippen LogP contribution is 2.29. The van der Waals surface area contributed by atoms with Gasteiger partial charge >= 0.3 is 5.69 Å². The van der Waals surface area contributed by atoms with Crippen LogP contribution in [0, 0.1) is 5.92 Å². The first kappa shape index (κ1) is 12.0. The largest absolute Gasteiger partial charge is 0.396 e. The third-order valence-electron chi connectivity index (χ3n) is 3.05. The van der Waals surface area contributed by atoms with Crippen LogP contribution in [0.2, 0.25) is 0 Å². The highest BCUT2D eigenvalue weighted by Gasteiger charge is 2.37. The van der Waals surface area contributed by atoms with Crippen LogP contribution in [0.1, 0.15) is 6.04 Å². The predicted molar refractivity (Wildman–Crippen MR) is 57.8 cm³/mol. The van der Waals surface area contributed by atoms with E-state index in [1.807, 2.05) is 0 Å². The van der Waals surface area contributed by atoms with Crippen molar-refractivity contribution in [1.82, 2.24) is 9.55 Å². The van der Waals surface area contributed by atoms with E-state index in [1.165, 1.54) is 16.8 Å².